The van der Waals surface area contributed by atoms with Crippen molar-refractivity contribution in [2.24, 2.45) is 0 Å². The number of non-ortho nitro benzene ring substituents is 1. The predicted molar refractivity (Wildman–Crippen MR) is 168 cm³/mol. The molecular weight excluding hydrogens is 687 g/mol. The summed E-state index contributed by atoms with van der Waals surface area (Å²) < 4.78 is 42.8. The molecule has 45 heavy (non-hydrogen) atoms. The highest BCUT2D eigenvalue weighted by Crippen LogP contribution is 2.34. The number of benzene rings is 4. The van der Waals surface area contributed by atoms with Gasteiger partial charge in [-0.1, -0.05) is 30.3 Å². The molecule has 0 saturated carbocycles. The molecule has 0 spiro atoms. The van der Waals surface area contributed by atoms with Crippen LogP contribution in [0.1, 0.15) is 11.1 Å². The number of alkyl halides is 3. The SMILES string of the molecule is O=C(Nc1ccc(C(F)(F)F)cc1O)Nc1ccccc1Br.O=C(Nc1ccc([N+](=O)[O-])cc1O)Nc1ccccc1COS. The maximum atomic E-state index is 12.5. The maximum absolute atomic E-state index is 12.5. The Bertz CT molecular complexity index is 1690. The minimum atomic E-state index is -4.56. The molecule has 6 N–H and O–H groups in total. The first-order valence-electron chi connectivity index (χ1n) is 12.4. The van der Waals surface area contributed by atoms with Crippen LogP contribution in [0, 0.1) is 10.1 Å². The molecule has 0 aliphatic carbocycles. The first kappa shape index (κ1) is 34.5. The van der Waals surface area contributed by atoms with Crippen molar-refractivity contribution in [1.82, 2.24) is 0 Å². The number of rotatable bonds is 7. The number of aromatic hydroxyl groups is 2. The van der Waals surface area contributed by atoms with Crippen molar-refractivity contribution in [1.29, 1.82) is 0 Å². The molecule has 4 amide bonds. The van der Waals surface area contributed by atoms with Gasteiger partial charge >= 0.3 is 18.2 Å². The van der Waals surface area contributed by atoms with Crippen molar-refractivity contribution in [2.75, 3.05) is 21.3 Å². The lowest BCUT2D eigenvalue weighted by Crippen LogP contribution is -2.20. The molecule has 12 nitrogen and oxygen atoms in total. The normalized spacial score (nSPS) is 10.6. The standard InChI is InChI=1S/C14H10BrF3N2O2.C14H13N3O5S/c15-9-3-1-2-4-10(9)19-13(22)20-11-6-5-8(7-12(11)21)14(16,17)18;18-13-7-10(17(20)21)5-6-12(13)16-14(19)15-11-4-2-1-3-9(11)8-22-23/h1-7,21H,(H2,19,20,22);1-7,18,23H,8H2,(H2,15,16,19). The molecule has 17 heteroatoms. The van der Waals surface area contributed by atoms with Crippen molar-refractivity contribution in [3.63, 3.8) is 0 Å². The quantitative estimate of drug-likeness (QED) is 0.0333. The van der Waals surface area contributed by atoms with Crippen molar-refractivity contribution in [3.8, 4) is 11.5 Å². The second-order valence-electron chi connectivity index (χ2n) is 8.76. The van der Waals surface area contributed by atoms with Gasteiger partial charge in [-0.3, -0.25) is 10.1 Å². The highest BCUT2D eigenvalue weighted by Gasteiger charge is 2.31. The Kier molecular flexibility index (Phi) is 12.0. The lowest BCUT2D eigenvalue weighted by Gasteiger charge is -2.12. The van der Waals surface area contributed by atoms with E-state index in [2.05, 4.69) is 50.1 Å². The van der Waals surface area contributed by atoms with Gasteiger partial charge in [-0.05, 0) is 71.3 Å². The number of phenols is 2. The smallest absolute Gasteiger partial charge is 0.416 e. The van der Waals surface area contributed by atoms with Gasteiger partial charge in [-0.25, -0.2) is 9.59 Å². The fourth-order valence-corrected chi connectivity index (χ4v) is 4.03. The zero-order valence-corrected chi connectivity index (χ0v) is 25.1. The molecule has 236 valence electrons. The van der Waals surface area contributed by atoms with Crippen LogP contribution in [-0.4, -0.2) is 27.2 Å². The van der Waals surface area contributed by atoms with Crippen molar-refractivity contribution < 1.29 is 42.1 Å². The van der Waals surface area contributed by atoms with Crippen LogP contribution in [0.2, 0.25) is 0 Å². The third-order valence-electron chi connectivity index (χ3n) is 5.62. The third kappa shape index (κ3) is 10.3. The summed E-state index contributed by atoms with van der Waals surface area (Å²) in [7, 11) is 0. The van der Waals surface area contributed by atoms with Crippen LogP contribution in [-0.2, 0) is 17.0 Å². The summed E-state index contributed by atoms with van der Waals surface area (Å²) in [6, 6.07) is 18.2. The average molecular weight is 710 g/mol. The number of nitrogens with zero attached hydrogens (tertiary/aromatic N) is 1. The Balaban J connectivity index is 0.000000246. The first-order valence-corrected chi connectivity index (χ1v) is 13.6. The van der Waals surface area contributed by atoms with Crippen LogP contribution in [0.4, 0.5) is 51.2 Å². The minimum absolute atomic E-state index is 0.0519. The minimum Gasteiger partial charge on any atom is -0.506 e. The first-order chi connectivity index (χ1) is 21.3. The summed E-state index contributed by atoms with van der Waals surface area (Å²) in [5.41, 5.74) is 0.359. The van der Waals surface area contributed by atoms with Crippen LogP contribution < -0.4 is 21.3 Å². The molecule has 0 aromatic heterocycles. The van der Waals surface area contributed by atoms with Gasteiger partial charge in [0, 0.05) is 21.8 Å². The number of para-hydroxylation sites is 2. The number of phenolic OH excluding ortho intramolecular Hbond substituents is 2. The molecule has 0 bridgehead atoms. The average Bonchev–Trinajstić information content (AvgIpc) is 2.97. The second-order valence-corrected chi connectivity index (χ2v) is 9.87. The van der Waals surface area contributed by atoms with Crippen molar-refractivity contribution >= 4 is 69.3 Å². The number of urea groups is 2. The molecule has 4 aromatic rings. The van der Waals surface area contributed by atoms with E-state index in [0.717, 1.165) is 18.2 Å². The number of nitro groups is 1. The summed E-state index contributed by atoms with van der Waals surface area (Å²) in [5, 5.41) is 39.7. The summed E-state index contributed by atoms with van der Waals surface area (Å²) in [6.07, 6.45) is -4.56. The van der Waals surface area contributed by atoms with Gasteiger partial charge in [0.15, 0.2) is 0 Å². The number of carbonyl (C=O) groups is 2. The lowest BCUT2D eigenvalue weighted by molar-refractivity contribution is -0.384. The Morgan fingerprint density at radius 2 is 1.31 bits per heavy atom. The number of hydrogen-bond donors (Lipinski definition) is 7. The fourth-order valence-electron chi connectivity index (χ4n) is 3.50. The lowest BCUT2D eigenvalue weighted by atomic mass is 10.2. The Morgan fingerprint density at radius 3 is 1.84 bits per heavy atom. The highest BCUT2D eigenvalue weighted by molar-refractivity contribution is 9.10. The van der Waals surface area contributed by atoms with Crippen molar-refractivity contribution in [3.05, 3.63) is 111 Å². The van der Waals surface area contributed by atoms with E-state index >= 15 is 0 Å². The van der Waals surface area contributed by atoms with Crippen LogP contribution in [0.5, 0.6) is 11.5 Å². The van der Waals surface area contributed by atoms with Gasteiger partial charge in [-0.15, -0.1) is 0 Å². The number of nitrogens with one attached hydrogen (secondary N) is 4. The molecule has 0 aliphatic heterocycles. The zero-order chi connectivity index (χ0) is 33.1. The summed E-state index contributed by atoms with van der Waals surface area (Å²) in [4.78, 5) is 33.7. The maximum Gasteiger partial charge on any atom is 0.416 e. The molecule has 0 atom stereocenters. The third-order valence-corrected chi connectivity index (χ3v) is 6.44. The number of thiol groups is 1. The van der Waals surface area contributed by atoms with Crippen molar-refractivity contribution in [2.45, 2.75) is 12.8 Å². The predicted octanol–water partition coefficient (Wildman–Crippen LogP) is 8.12. The molecule has 0 saturated heterocycles. The summed E-state index contributed by atoms with van der Waals surface area (Å²) in [5.74, 6) is -1.07. The van der Waals surface area contributed by atoms with E-state index in [1.54, 1.807) is 48.5 Å². The summed E-state index contributed by atoms with van der Waals surface area (Å²) >= 11 is 6.91. The van der Waals surface area contributed by atoms with E-state index in [9.17, 15) is 43.1 Å². The van der Waals surface area contributed by atoms with E-state index in [1.807, 2.05) is 0 Å². The molecule has 0 aliphatic rings. The zero-order valence-electron chi connectivity index (χ0n) is 22.6. The fraction of sp³-hybridized carbons (Fsp3) is 0.0714. The summed E-state index contributed by atoms with van der Waals surface area (Å²) in [6.45, 7) is 0.197. The van der Waals surface area contributed by atoms with Crippen LogP contribution in [0.25, 0.3) is 0 Å². The topological polar surface area (TPSA) is 175 Å². The van der Waals surface area contributed by atoms with Gasteiger partial charge < -0.3 is 35.7 Å². The van der Waals surface area contributed by atoms with E-state index in [4.69, 9.17) is 4.18 Å². The van der Waals surface area contributed by atoms with Gasteiger partial charge in [0.25, 0.3) is 5.69 Å². The highest BCUT2D eigenvalue weighted by atomic mass is 79.9. The molecule has 4 rings (SSSR count). The number of amides is 4. The van der Waals surface area contributed by atoms with Gasteiger partial charge in [0.1, 0.15) is 11.5 Å². The molecule has 4 aromatic carbocycles. The van der Waals surface area contributed by atoms with E-state index in [1.165, 1.54) is 12.1 Å². The van der Waals surface area contributed by atoms with Crippen LogP contribution in [0.15, 0.2) is 89.4 Å². The number of carbonyl (C=O) groups excluding carboxylic acids is 2. The van der Waals surface area contributed by atoms with Crippen LogP contribution >= 0.6 is 28.8 Å². The Morgan fingerprint density at radius 1 is 0.800 bits per heavy atom. The number of nitro benzene ring substituents is 1. The van der Waals surface area contributed by atoms with Crippen LogP contribution in [0.3, 0.4) is 0 Å². The number of hydrogen-bond acceptors (Lipinski definition) is 8. The molecule has 0 unspecified atom stereocenters. The van der Waals surface area contributed by atoms with E-state index < -0.39 is 40.2 Å². The number of halogens is 4. The molecule has 0 radical (unpaired) electrons. The van der Waals surface area contributed by atoms with Gasteiger partial charge in [-0.2, -0.15) is 13.2 Å². The van der Waals surface area contributed by atoms with E-state index in [0.29, 0.717) is 27.5 Å². The number of anilines is 4. The molecule has 0 heterocycles. The molecular formula is C28H23BrF3N5O7S. The Hall–Kier alpha value is -5.00. The van der Waals surface area contributed by atoms with E-state index in [-0.39, 0.29) is 23.7 Å². The second kappa shape index (κ2) is 15.6. The van der Waals surface area contributed by atoms with Gasteiger partial charge in [0.2, 0.25) is 0 Å². The Labute approximate surface area is 267 Å². The largest absolute Gasteiger partial charge is 0.506 e. The van der Waals surface area contributed by atoms with Gasteiger partial charge in [0.05, 0.1) is 40.2 Å². The molecule has 0 fully saturated rings. The monoisotopic (exact) mass is 709 g/mol.